The van der Waals surface area contributed by atoms with Crippen LogP contribution in [-0.2, 0) is 6.42 Å². The third-order valence-corrected chi connectivity index (χ3v) is 7.75. The highest BCUT2D eigenvalue weighted by Gasteiger charge is 2.13. The van der Waals surface area contributed by atoms with Gasteiger partial charge in [-0.2, -0.15) is 0 Å². The summed E-state index contributed by atoms with van der Waals surface area (Å²) in [7, 11) is 0. The van der Waals surface area contributed by atoms with E-state index >= 15 is 0 Å². The second-order valence-electron chi connectivity index (χ2n) is 10.2. The van der Waals surface area contributed by atoms with Gasteiger partial charge in [-0.25, -0.2) is 0 Å². The van der Waals surface area contributed by atoms with E-state index in [1.165, 1.54) is 49.9 Å². The van der Waals surface area contributed by atoms with Crippen LogP contribution in [0, 0.1) is 0 Å². The normalized spacial score (nSPS) is 11.1. The van der Waals surface area contributed by atoms with E-state index in [0.29, 0.717) is 0 Å². The summed E-state index contributed by atoms with van der Waals surface area (Å²) in [5, 5.41) is 4.95. The number of rotatable bonds is 4. The topological polar surface area (TPSA) is 61.7 Å². The van der Waals surface area contributed by atoms with Crippen LogP contribution in [0.3, 0.4) is 0 Å². The van der Waals surface area contributed by atoms with Crippen molar-refractivity contribution in [3.63, 3.8) is 0 Å². The molecule has 0 aliphatic heterocycles. The summed E-state index contributed by atoms with van der Waals surface area (Å²) in [5.41, 5.74) is 14.1. The summed E-state index contributed by atoms with van der Waals surface area (Å²) >= 11 is 0. The van der Waals surface area contributed by atoms with Gasteiger partial charge in [0, 0.05) is 45.3 Å². The molecule has 0 atom stereocenters. The second kappa shape index (κ2) is 10.7. The Labute approximate surface area is 243 Å². The van der Waals surface area contributed by atoms with E-state index in [4.69, 9.17) is 0 Å². The van der Waals surface area contributed by atoms with Gasteiger partial charge in [-0.3, -0.25) is 9.97 Å². The fraction of sp³-hybridized carbons (Fsp3) is 0.0270. The number of pyridine rings is 2. The van der Waals surface area contributed by atoms with Crippen molar-refractivity contribution in [2.24, 2.45) is 5.73 Å². The van der Waals surface area contributed by atoms with Crippen molar-refractivity contribution in [1.82, 2.24) is 19.1 Å². The van der Waals surface area contributed by atoms with Gasteiger partial charge in [0.1, 0.15) is 0 Å². The van der Waals surface area contributed by atoms with Gasteiger partial charge in [0.15, 0.2) is 0 Å². The first-order valence-electron chi connectivity index (χ1n) is 13.9. The average molecular weight is 544 g/mol. The lowest BCUT2D eigenvalue weighted by atomic mass is 10.0. The Morgan fingerprint density at radius 2 is 0.905 bits per heavy atom. The van der Waals surface area contributed by atoms with Crippen molar-refractivity contribution >= 4 is 43.6 Å². The van der Waals surface area contributed by atoms with E-state index in [1.54, 1.807) is 0 Å². The molecule has 0 saturated heterocycles. The molecule has 0 aliphatic carbocycles. The third kappa shape index (κ3) is 4.28. The quantitative estimate of drug-likeness (QED) is 0.243. The molecule has 0 spiro atoms. The fourth-order valence-electron chi connectivity index (χ4n) is 5.95. The Morgan fingerprint density at radius 3 is 1.33 bits per heavy atom. The molecule has 4 heterocycles. The van der Waals surface area contributed by atoms with E-state index in [2.05, 4.69) is 141 Å². The Kier molecular flexibility index (Phi) is 6.45. The number of para-hydroxylation sites is 2. The highest BCUT2D eigenvalue weighted by Crippen LogP contribution is 2.33. The first kappa shape index (κ1) is 25.3. The summed E-state index contributed by atoms with van der Waals surface area (Å²) in [5.74, 6) is 0. The number of benzene rings is 4. The monoisotopic (exact) mass is 543 g/mol. The molecule has 8 aromatic rings. The van der Waals surface area contributed by atoms with Crippen LogP contribution >= 0.6 is 0 Å². The molecule has 4 aromatic heterocycles. The van der Waals surface area contributed by atoms with Crippen LogP contribution in [0.15, 0.2) is 147 Å². The van der Waals surface area contributed by atoms with Crippen LogP contribution in [0.25, 0.3) is 55.0 Å². The minimum atomic E-state index is 0.879. The molecular formula is C37H29N5. The Morgan fingerprint density at radius 1 is 0.524 bits per heavy atom. The van der Waals surface area contributed by atoms with Crippen LogP contribution in [0.2, 0.25) is 0 Å². The zero-order valence-electron chi connectivity index (χ0n) is 23.1. The molecule has 0 aliphatic rings. The Hall–Kier alpha value is -5.68. The van der Waals surface area contributed by atoms with Crippen LogP contribution in [-0.4, -0.2) is 19.1 Å². The molecule has 2 N–H and O–H groups in total. The maximum atomic E-state index is 4.61. The molecule has 0 fully saturated rings. The molecule has 42 heavy (non-hydrogen) atoms. The molecule has 0 saturated carbocycles. The average Bonchev–Trinajstić information content (AvgIpc) is 3.56. The van der Waals surface area contributed by atoms with Crippen LogP contribution in [0.4, 0.5) is 0 Å². The molecule has 5 nitrogen and oxygen atoms in total. The molecule has 5 heteroatoms. The van der Waals surface area contributed by atoms with E-state index in [1.807, 2.05) is 24.8 Å². The number of fused-ring (bicyclic) bond motifs is 6. The number of aromatic nitrogens is 4. The van der Waals surface area contributed by atoms with E-state index in [0.717, 1.165) is 28.8 Å². The first-order chi connectivity index (χ1) is 20.8. The van der Waals surface area contributed by atoms with Gasteiger partial charge >= 0.3 is 0 Å². The maximum Gasteiger partial charge on any atom is 0.0724 e. The molecule has 0 radical (unpaired) electrons. The van der Waals surface area contributed by atoms with Crippen molar-refractivity contribution in [1.29, 1.82) is 0 Å². The van der Waals surface area contributed by atoms with Crippen molar-refractivity contribution in [2.45, 2.75) is 6.42 Å². The zero-order chi connectivity index (χ0) is 28.5. The van der Waals surface area contributed by atoms with E-state index in [-0.39, 0.29) is 0 Å². The summed E-state index contributed by atoms with van der Waals surface area (Å²) in [6, 6.07) is 39.1. The molecule has 0 bridgehead atoms. The lowest BCUT2D eigenvalue weighted by Crippen LogP contribution is -1.96. The Bertz CT molecular complexity index is 1920. The van der Waals surface area contributed by atoms with Crippen LogP contribution < -0.4 is 5.73 Å². The lowest BCUT2D eigenvalue weighted by Gasteiger charge is -2.10. The molecule has 202 valence electrons. The molecule has 8 rings (SSSR count). The number of nitrogens with zero attached hydrogens (tertiary/aromatic N) is 4. The fourth-order valence-corrected chi connectivity index (χ4v) is 5.95. The highest BCUT2D eigenvalue weighted by molar-refractivity contribution is 6.09. The van der Waals surface area contributed by atoms with Gasteiger partial charge in [0.05, 0.1) is 34.5 Å². The van der Waals surface area contributed by atoms with Gasteiger partial charge in [-0.15, -0.1) is 0 Å². The molecule has 4 aromatic carbocycles. The molecule has 0 amide bonds. The third-order valence-electron chi connectivity index (χ3n) is 7.75. The van der Waals surface area contributed by atoms with E-state index in [9.17, 15) is 0 Å². The van der Waals surface area contributed by atoms with Gasteiger partial charge in [0.2, 0.25) is 0 Å². The molecular weight excluding hydrogens is 514 g/mol. The summed E-state index contributed by atoms with van der Waals surface area (Å²) in [4.78, 5) is 8.80. The van der Waals surface area contributed by atoms with Crippen molar-refractivity contribution < 1.29 is 0 Å². The molecule has 0 unspecified atom stereocenters. The largest absolute Gasteiger partial charge is 0.405 e. The second-order valence-corrected chi connectivity index (χ2v) is 10.2. The van der Waals surface area contributed by atoms with Gasteiger partial charge in [-0.1, -0.05) is 67.2 Å². The summed E-state index contributed by atoms with van der Waals surface area (Å²) in [6.45, 7) is 3.14. The van der Waals surface area contributed by atoms with Crippen LogP contribution in [0.5, 0.6) is 0 Å². The SMILES string of the molecule is C=CN.c1ccc2c(c1)c1ccncc1n2-c1ccc(Cc2ccc(-n3c4ccccc4c4ccncc43)cc2)cc1. The minimum Gasteiger partial charge on any atom is -0.405 e. The van der Waals surface area contributed by atoms with E-state index < -0.39 is 0 Å². The minimum absolute atomic E-state index is 0.879. The number of nitrogens with two attached hydrogens (primary N) is 1. The first-order valence-corrected chi connectivity index (χ1v) is 13.9. The number of hydrogen-bond acceptors (Lipinski definition) is 3. The maximum absolute atomic E-state index is 4.61. The van der Waals surface area contributed by atoms with Crippen molar-refractivity contribution in [3.8, 4) is 11.4 Å². The lowest BCUT2D eigenvalue weighted by molar-refractivity contribution is 1.13. The van der Waals surface area contributed by atoms with Crippen molar-refractivity contribution in [3.05, 3.63) is 158 Å². The van der Waals surface area contributed by atoms with Gasteiger partial charge in [0.25, 0.3) is 0 Å². The smallest absolute Gasteiger partial charge is 0.0724 e. The van der Waals surface area contributed by atoms with Gasteiger partial charge < -0.3 is 14.9 Å². The predicted molar refractivity (Wildman–Crippen MR) is 174 cm³/mol. The summed E-state index contributed by atoms with van der Waals surface area (Å²) < 4.78 is 4.60. The summed E-state index contributed by atoms with van der Waals surface area (Å²) in [6.07, 6.45) is 9.78. The predicted octanol–water partition coefficient (Wildman–Crippen LogP) is 8.35. The van der Waals surface area contributed by atoms with Gasteiger partial charge in [-0.05, 0) is 72.3 Å². The van der Waals surface area contributed by atoms with Crippen LogP contribution in [0.1, 0.15) is 11.1 Å². The standard InChI is InChI=1S/C35H24N4.C2H5N/c1-3-7-32-28(5-1)30-17-19-36-22-34(30)38(32)26-13-9-24(10-14-26)21-25-11-15-27(16-12-25)39-33-8-4-2-6-29(33)31-18-20-37-23-35(31)39;1-2-3/h1-20,22-23H,21H2;2H,1,3H2. The number of hydrogen-bond donors (Lipinski definition) is 1. The zero-order valence-corrected chi connectivity index (χ0v) is 23.1. The Balaban J connectivity index is 0.000000923. The van der Waals surface area contributed by atoms with Crippen molar-refractivity contribution in [2.75, 3.05) is 0 Å². The highest BCUT2D eigenvalue weighted by atomic mass is 15.0.